The average molecular weight is 519 g/mol. The Bertz CT molecular complexity index is 1290. The van der Waals surface area contributed by atoms with Crippen molar-refractivity contribution in [3.05, 3.63) is 70.8 Å². The van der Waals surface area contributed by atoms with Gasteiger partial charge in [-0.15, -0.1) is 5.06 Å². The molecule has 2 aromatic carbocycles. The molecule has 2 aliphatic rings. The van der Waals surface area contributed by atoms with Crippen LogP contribution in [0.25, 0.3) is 0 Å². The number of hydrogen-bond acceptors (Lipinski definition) is 8. The summed E-state index contributed by atoms with van der Waals surface area (Å²) in [5.41, 5.74) is 3.48. The van der Waals surface area contributed by atoms with Crippen molar-refractivity contribution in [2.45, 2.75) is 38.2 Å². The first kappa shape index (κ1) is 26.6. The van der Waals surface area contributed by atoms with E-state index in [0.717, 1.165) is 22.3 Å². The largest absolute Gasteiger partial charge is 0.457 e. The van der Waals surface area contributed by atoms with E-state index in [1.807, 2.05) is 48.5 Å². The maximum atomic E-state index is 12.6. The maximum Gasteiger partial charge on any atom is 0.358 e. The summed E-state index contributed by atoms with van der Waals surface area (Å²) in [4.78, 5) is 63.9. The number of carbonyl (C=O) groups is 5. The fourth-order valence-corrected chi connectivity index (χ4v) is 3.99. The molecule has 0 spiro atoms. The first-order valence-corrected chi connectivity index (χ1v) is 12.2. The van der Waals surface area contributed by atoms with Crippen molar-refractivity contribution in [2.24, 2.45) is 0 Å². The molecular weight excluding hydrogens is 492 g/mol. The second kappa shape index (κ2) is 12.7. The van der Waals surface area contributed by atoms with Gasteiger partial charge >= 0.3 is 11.9 Å². The molecule has 10 heteroatoms. The van der Waals surface area contributed by atoms with Crippen LogP contribution in [0.4, 0.5) is 0 Å². The predicted octanol–water partition coefficient (Wildman–Crippen LogP) is 1.75. The molecule has 1 unspecified atom stereocenters. The molecule has 1 saturated heterocycles. The Labute approximate surface area is 219 Å². The van der Waals surface area contributed by atoms with Gasteiger partial charge in [-0.25, -0.2) is 4.79 Å². The summed E-state index contributed by atoms with van der Waals surface area (Å²) < 4.78 is 10.9. The van der Waals surface area contributed by atoms with Crippen molar-refractivity contribution >= 4 is 29.7 Å². The molecule has 3 amide bonds. The van der Waals surface area contributed by atoms with Gasteiger partial charge in [-0.05, 0) is 17.7 Å². The van der Waals surface area contributed by atoms with E-state index >= 15 is 0 Å². The predicted molar refractivity (Wildman–Crippen MR) is 132 cm³/mol. The Morgan fingerprint density at radius 2 is 1.58 bits per heavy atom. The highest BCUT2D eigenvalue weighted by Gasteiger charge is 2.32. The fraction of sp³-hybridized carbons (Fsp3) is 0.321. The summed E-state index contributed by atoms with van der Waals surface area (Å²) in [6.45, 7) is -0.406. The highest BCUT2D eigenvalue weighted by Crippen LogP contribution is 2.29. The Hall–Kier alpha value is -4.49. The molecule has 0 saturated carbocycles. The van der Waals surface area contributed by atoms with Crippen LogP contribution in [0.2, 0.25) is 0 Å². The Kier molecular flexibility index (Phi) is 8.85. The maximum absolute atomic E-state index is 12.6. The lowest BCUT2D eigenvalue weighted by atomic mass is 9.92. The molecule has 10 nitrogen and oxygen atoms in total. The Morgan fingerprint density at radius 3 is 2.37 bits per heavy atom. The van der Waals surface area contributed by atoms with Gasteiger partial charge in [-0.1, -0.05) is 48.2 Å². The number of hydroxylamine groups is 2. The summed E-state index contributed by atoms with van der Waals surface area (Å²) in [5.74, 6) is 3.41. The van der Waals surface area contributed by atoms with Crippen LogP contribution in [-0.4, -0.2) is 54.5 Å². The van der Waals surface area contributed by atoms with Crippen molar-refractivity contribution in [3.63, 3.8) is 0 Å². The van der Waals surface area contributed by atoms with Crippen LogP contribution in [-0.2, 0) is 44.7 Å². The molecule has 0 aromatic heterocycles. The average Bonchev–Trinajstić information content (AvgIpc) is 3.22. The van der Waals surface area contributed by atoms with E-state index in [2.05, 4.69) is 22.0 Å². The number of rotatable bonds is 10. The lowest BCUT2D eigenvalue weighted by Crippen LogP contribution is -2.34. The molecule has 38 heavy (non-hydrogen) atoms. The van der Waals surface area contributed by atoms with Crippen LogP contribution < -0.4 is 5.32 Å². The van der Waals surface area contributed by atoms with Crippen LogP contribution in [0, 0.1) is 11.8 Å². The third-order valence-corrected chi connectivity index (χ3v) is 5.88. The zero-order chi connectivity index (χ0) is 26.9. The molecule has 1 aliphatic carbocycles. The van der Waals surface area contributed by atoms with E-state index in [4.69, 9.17) is 9.47 Å². The highest BCUT2D eigenvalue weighted by atomic mass is 16.7. The van der Waals surface area contributed by atoms with Crippen LogP contribution in [0.3, 0.4) is 0 Å². The molecule has 4 rings (SSSR count). The quantitative estimate of drug-likeness (QED) is 0.218. The van der Waals surface area contributed by atoms with E-state index in [1.165, 1.54) is 0 Å². The van der Waals surface area contributed by atoms with Crippen molar-refractivity contribution < 1.29 is 38.3 Å². The smallest absolute Gasteiger partial charge is 0.358 e. The number of fused-ring (bicyclic) bond motifs is 2. The zero-order valence-electron chi connectivity index (χ0n) is 20.6. The number of carbonyl (C=O) groups excluding carboxylic acids is 5. The summed E-state index contributed by atoms with van der Waals surface area (Å²) in [5, 5.41) is 3.03. The van der Waals surface area contributed by atoms with Gasteiger partial charge in [0.25, 0.3) is 11.8 Å². The molecule has 1 heterocycles. The van der Waals surface area contributed by atoms with Gasteiger partial charge in [-0.2, -0.15) is 0 Å². The minimum atomic E-state index is -0.896. The zero-order valence-corrected chi connectivity index (χ0v) is 20.6. The fourth-order valence-electron chi connectivity index (χ4n) is 3.99. The topological polar surface area (TPSA) is 128 Å². The van der Waals surface area contributed by atoms with Crippen LogP contribution in [0.15, 0.2) is 48.5 Å². The highest BCUT2D eigenvalue weighted by molar-refractivity contribution is 6.01. The van der Waals surface area contributed by atoms with Gasteiger partial charge < -0.3 is 19.6 Å². The lowest BCUT2D eigenvalue weighted by molar-refractivity contribution is -0.200. The number of amides is 3. The number of nitrogens with zero attached hydrogens (tertiary/aromatic N) is 1. The molecule has 1 fully saturated rings. The number of ether oxygens (including phenoxy) is 2. The van der Waals surface area contributed by atoms with Gasteiger partial charge in [0.05, 0.1) is 13.0 Å². The van der Waals surface area contributed by atoms with Gasteiger partial charge in [0.2, 0.25) is 5.91 Å². The number of nitrogens with one attached hydrogen (secondary N) is 1. The minimum Gasteiger partial charge on any atom is -0.457 e. The molecule has 0 radical (unpaired) electrons. The SMILES string of the molecule is O=C(CCC(=O)OC1Cc2ccccc2C#Cc2ccccc21)NCCOCC(=O)ON1C(=O)CCC1=O. The number of esters is 1. The Morgan fingerprint density at radius 1 is 0.895 bits per heavy atom. The monoisotopic (exact) mass is 518 g/mol. The summed E-state index contributed by atoms with van der Waals surface area (Å²) >= 11 is 0. The van der Waals surface area contributed by atoms with Crippen LogP contribution >= 0.6 is 0 Å². The summed E-state index contributed by atoms with van der Waals surface area (Å²) in [7, 11) is 0. The third-order valence-electron chi connectivity index (χ3n) is 5.88. The molecule has 2 aromatic rings. The van der Waals surface area contributed by atoms with Gasteiger partial charge in [0.15, 0.2) is 0 Å². The summed E-state index contributed by atoms with van der Waals surface area (Å²) in [6, 6.07) is 15.2. The number of imide groups is 1. The van der Waals surface area contributed by atoms with Crippen LogP contribution in [0.5, 0.6) is 0 Å². The first-order chi connectivity index (χ1) is 18.4. The Balaban J connectivity index is 1.18. The second-order valence-corrected chi connectivity index (χ2v) is 8.62. The second-order valence-electron chi connectivity index (χ2n) is 8.62. The molecule has 0 bridgehead atoms. The number of hydrogen-bond donors (Lipinski definition) is 1. The van der Waals surface area contributed by atoms with E-state index in [9.17, 15) is 24.0 Å². The molecule has 1 atom stereocenters. The van der Waals surface area contributed by atoms with E-state index in [1.54, 1.807) is 0 Å². The third kappa shape index (κ3) is 7.05. The van der Waals surface area contributed by atoms with Gasteiger partial charge in [-0.3, -0.25) is 19.2 Å². The minimum absolute atomic E-state index is 0.00311. The van der Waals surface area contributed by atoms with Gasteiger partial charge in [0, 0.05) is 48.9 Å². The van der Waals surface area contributed by atoms with Crippen LogP contribution in [0.1, 0.15) is 54.0 Å². The van der Waals surface area contributed by atoms with E-state index < -0.39 is 36.5 Å². The van der Waals surface area contributed by atoms with E-state index in [0.29, 0.717) is 11.5 Å². The molecule has 1 N–H and O–H groups in total. The van der Waals surface area contributed by atoms with Crippen molar-refractivity contribution in [1.29, 1.82) is 0 Å². The van der Waals surface area contributed by atoms with Gasteiger partial charge in [0.1, 0.15) is 12.7 Å². The first-order valence-electron chi connectivity index (χ1n) is 12.2. The summed E-state index contributed by atoms with van der Waals surface area (Å²) in [6.07, 6.45) is -0.239. The molecule has 196 valence electrons. The molecular formula is C28H26N2O8. The molecule has 1 aliphatic heterocycles. The van der Waals surface area contributed by atoms with Crippen molar-refractivity contribution in [1.82, 2.24) is 10.4 Å². The van der Waals surface area contributed by atoms with Crippen molar-refractivity contribution in [3.8, 4) is 11.8 Å². The standard InChI is InChI=1S/C28H26N2O8/c31-24(29-15-16-36-18-28(35)38-30-25(32)12-13-26(30)33)11-14-27(34)37-23-17-21-7-2-1-5-19(21)9-10-20-6-3-4-8-22(20)23/h1-8,23H,11-18H2,(H,29,31). The van der Waals surface area contributed by atoms with E-state index in [-0.39, 0.29) is 44.7 Å². The normalized spacial score (nSPS) is 15.8. The number of benzene rings is 2. The van der Waals surface area contributed by atoms with Crippen molar-refractivity contribution in [2.75, 3.05) is 19.8 Å². The lowest BCUT2D eigenvalue weighted by Gasteiger charge is -2.22.